The van der Waals surface area contributed by atoms with Gasteiger partial charge in [-0.25, -0.2) is 9.97 Å². The van der Waals surface area contributed by atoms with Crippen molar-refractivity contribution in [3.05, 3.63) is 18.1 Å². The van der Waals surface area contributed by atoms with Crippen LogP contribution in [-0.4, -0.2) is 21.0 Å². The molecular weight excluding hydrogens is 244 g/mol. The van der Waals surface area contributed by atoms with Gasteiger partial charge in [-0.3, -0.25) is 0 Å². The van der Waals surface area contributed by atoms with Crippen LogP contribution in [0.4, 0.5) is 5.82 Å². The van der Waals surface area contributed by atoms with Crippen LogP contribution < -0.4 is 11.1 Å². The minimum absolute atomic E-state index is 0.286. The summed E-state index contributed by atoms with van der Waals surface area (Å²) in [6.07, 6.45) is 7.00. The number of thiocarbonyl (C=S) groups is 1. The van der Waals surface area contributed by atoms with Gasteiger partial charge in [0.15, 0.2) is 0 Å². The van der Waals surface area contributed by atoms with E-state index >= 15 is 0 Å². The van der Waals surface area contributed by atoms with Crippen molar-refractivity contribution < 1.29 is 0 Å². The number of nitrogens with zero attached hydrogens (tertiary/aromatic N) is 2. The lowest BCUT2D eigenvalue weighted by atomic mass is 9.79. The van der Waals surface area contributed by atoms with Crippen LogP contribution in [0.2, 0.25) is 0 Å². The van der Waals surface area contributed by atoms with E-state index in [1.54, 1.807) is 12.4 Å². The monoisotopic (exact) mass is 264 g/mol. The van der Waals surface area contributed by atoms with Crippen LogP contribution in [-0.2, 0) is 0 Å². The summed E-state index contributed by atoms with van der Waals surface area (Å²) < 4.78 is 0. The Bertz CT molecular complexity index is 418. The maximum absolute atomic E-state index is 5.49. The minimum Gasteiger partial charge on any atom is -0.388 e. The smallest absolute Gasteiger partial charge is 0.144 e. The molecule has 0 amide bonds. The van der Waals surface area contributed by atoms with E-state index in [1.165, 1.54) is 19.3 Å². The standard InChI is InChI=1S/C13H20N4S/c1-8-3-4-10(5-9(8)2)17-12-7-15-11(6-16-12)13(14)18/h6-10H,3-5H2,1-2H3,(H2,14,18)(H,16,17). The summed E-state index contributed by atoms with van der Waals surface area (Å²) in [5, 5.41) is 3.44. The highest BCUT2D eigenvalue weighted by molar-refractivity contribution is 7.80. The van der Waals surface area contributed by atoms with Crippen molar-refractivity contribution in [3.8, 4) is 0 Å². The highest BCUT2D eigenvalue weighted by Gasteiger charge is 2.24. The number of hydrogen-bond donors (Lipinski definition) is 2. The molecule has 4 nitrogen and oxygen atoms in total. The number of hydrogen-bond acceptors (Lipinski definition) is 4. The topological polar surface area (TPSA) is 63.8 Å². The van der Waals surface area contributed by atoms with Crippen molar-refractivity contribution in [3.63, 3.8) is 0 Å². The average molecular weight is 264 g/mol. The van der Waals surface area contributed by atoms with Crippen molar-refractivity contribution in [1.29, 1.82) is 0 Å². The van der Waals surface area contributed by atoms with Crippen LogP contribution in [0.15, 0.2) is 12.4 Å². The van der Waals surface area contributed by atoms with E-state index in [9.17, 15) is 0 Å². The molecule has 0 aromatic carbocycles. The van der Waals surface area contributed by atoms with Crippen LogP contribution in [0.3, 0.4) is 0 Å². The lowest BCUT2D eigenvalue weighted by Crippen LogP contribution is -2.30. The predicted molar refractivity (Wildman–Crippen MR) is 77.5 cm³/mol. The Morgan fingerprint density at radius 2 is 2.06 bits per heavy atom. The molecule has 5 heteroatoms. The molecule has 1 heterocycles. The van der Waals surface area contributed by atoms with Gasteiger partial charge in [0.1, 0.15) is 16.5 Å². The molecule has 3 N–H and O–H groups in total. The van der Waals surface area contributed by atoms with Gasteiger partial charge in [0.2, 0.25) is 0 Å². The van der Waals surface area contributed by atoms with Gasteiger partial charge in [0, 0.05) is 6.04 Å². The molecule has 18 heavy (non-hydrogen) atoms. The Hall–Kier alpha value is -1.23. The maximum atomic E-state index is 5.49. The molecule has 3 unspecified atom stereocenters. The third-order valence-corrected chi connectivity index (χ3v) is 4.06. The van der Waals surface area contributed by atoms with E-state index in [0.717, 1.165) is 17.7 Å². The normalized spacial score (nSPS) is 27.8. The van der Waals surface area contributed by atoms with E-state index in [2.05, 4.69) is 29.1 Å². The highest BCUT2D eigenvalue weighted by atomic mass is 32.1. The second kappa shape index (κ2) is 5.61. The molecule has 1 aromatic heterocycles. The van der Waals surface area contributed by atoms with Crippen molar-refractivity contribution in [2.45, 2.75) is 39.2 Å². The predicted octanol–water partition coefficient (Wildman–Crippen LogP) is 2.35. The summed E-state index contributed by atoms with van der Waals surface area (Å²) in [4.78, 5) is 8.77. The molecule has 1 fully saturated rings. The van der Waals surface area contributed by atoms with Crippen molar-refractivity contribution in [2.24, 2.45) is 17.6 Å². The van der Waals surface area contributed by atoms with Crippen LogP contribution in [0.5, 0.6) is 0 Å². The summed E-state index contributed by atoms with van der Waals surface area (Å²) in [5.41, 5.74) is 6.06. The van der Waals surface area contributed by atoms with Crippen LogP contribution in [0.25, 0.3) is 0 Å². The molecular formula is C13H20N4S. The molecule has 0 bridgehead atoms. The second-order valence-electron chi connectivity index (χ2n) is 5.26. The maximum Gasteiger partial charge on any atom is 0.144 e. The molecule has 1 aromatic rings. The van der Waals surface area contributed by atoms with Gasteiger partial charge in [-0.05, 0) is 31.1 Å². The zero-order chi connectivity index (χ0) is 13.1. The summed E-state index contributed by atoms with van der Waals surface area (Å²) in [6.45, 7) is 4.65. The summed E-state index contributed by atoms with van der Waals surface area (Å²) in [5.74, 6) is 2.40. The fraction of sp³-hybridized carbons (Fsp3) is 0.615. The lowest BCUT2D eigenvalue weighted by Gasteiger charge is -2.32. The fourth-order valence-electron chi connectivity index (χ4n) is 2.42. The number of nitrogens with one attached hydrogen (secondary N) is 1. The number of nitrogens with two attached hydrogens (primary N) is 1. The zero-order valence-electron chi connectivity index (χ0n) is 10.9. The van der Waals surface area contributed by atoms with Crippen LogP contribution in [0.1, 0.15) is 38.8 Å². The Labute approximate surface area is 113 Å². The molecule has 2 rings (SSSR count). The molecule has 1 aliphatic rings. The van der Waals surface area contributed by atoms with Crippen molar-refractivity contribution in [1.82, 2.24) is 9.97 Å². The fourth-order valence-corrected chi connectivity index (χ4v) is 2.52. The number of anilines is 1. The van der Waals surface area contributed by atoms with Gasteiger partial charge in [-0.1, -0.05) is 26.1 Å². The lowest BCUT2D eigenvalue weighted by molar-refractivity contribution is 0.260. The molecule has 1 aliphatic carbocycles. The first-order chi connectivity index (χ1) is 8.56. The molecule has 1 saturated carbocycles. The third-order valence-electron chi connectivity index (χ3n) is 3.85. The molecule has 0 aliphatic heterocycles. The highest BCUT2D eigenvalue weighted by Crippen LogP contribution is 2.30. The SMILES string of the molecule is CC1CCC(Nc2cnc(C(N)=S)cn2)CC1C. The van der Waals surface area contributed by atoms with E-state index in [1.807, 2.05) is 0 Å². The molecule has 0 radical (unpaired) electrons. The average Bonchev–Trinajstić information content (AvgIpc) is 2.34. The molecule has 0 spiro atoms. The summed E-state index contributed by atoms with van der Waals surface area (Å²) in [7, 11) is 0. The third kappa shape index (κ3) is 3.16. The first kappa shape index (κ1) is 13.2. The van der Waals surface area contributed by atoms with Crippen LogP contribution in [0, 0.1) is 11.8 Å². The van der Waals surface area contributed by atoms with Gasteiger partial charge in [-0.2, -0.15) is 0 Å². The van der Waals surface area contributed by atoms with E-state index < -0.39 is 0 Å². The zero-order valence-corrected chi connectivity index (χ0v) is 11.7. The van der Waals surface area contributed by atoms with Crippen LogP contribution >= 0.6 is 12.2 Å². The Morgan fingerprint density at radius 1 is 1.28 bits per heavy atom. The largest absolute Gasteiger partial charge is 0.388 e. The minimum atomic E-state index is 0.286. The number of aromatic nitrogens is 2. The van der Waals surface area contributed by atoms with Crippen molar-refractivity contribution in [2.75, 3.05) is 5.32 Å². The van der Waals surface area contributed by atoms with E-state index in [-0.39, 0.29) is 4.99 Å². The Kier molecular flexibility index (Phi) is 4.11. The first-order valence-corrected chi connectivity index (χ1v) is 6.85. The molecule has 98 valence electrons. The van der Waals surface area contributed by atoms with E-state index in [0.29, 0.717) is 11.7 Å². The van der Waals surface area contributed by atoms with Gasteiger partial charge in [0.25, 0.3) is 0 Å². The molecule has 3 atom stereocenters. The Morgan fingerprint density at radius 3 is 2.61 bits per heavy atom. The number of rotatable bonds is 3. The van der Waals surface area contributed by atoms with Crippen molar-refractivity contribution >= 4 is 23.0 Å². The van der Waals surface area contributed by atoms with Gasteiger partial charge in [0.05, 0.1) is 12.4 Å². The first-order valence-electron chi connectivity index (χ1n) is 6.44. The molecule has 0 saturated heterocycles. The summed E-state index contributed by atoms with van der Waals surface area (Å²) in [6, 6.07) is 0.501. The van der Waals surface area contributed by atoms with Gasteiger partial charge >= 0.3 is 0 Å². The van der Waals surface area contributed by atoms with E-state index in [4.69, 9.17) is 18.0 Å². The Balaban J connectivity index is 1.95. The summed E-state index contributed by atoms with van der Waals surface area (Å²) >= 11 is 4.85. The van der Waals surface area contributed by atoms with Gasteiger partial charge < -0.3 is 11.1 Å². The quantitative estimate of drug-likeness (QED) is 0.820. The second-order valence-corrected chi connectivity index (χ2v) is 5.70. The van der Waals surface area contributed by atoms with Gasteiger partial charge in [-0.15, -0.1) is 0 Å².